The van der Waals surface area contributed by atoms with Gasteiger partial charge in [-0.2, -0.15) is 0 Å². The Kier molecular flexibility index (Phi) is 7.80. The molecule has 0 aliphatic rings. The lowest BCUT2D eigenvalue weighted by molar-refractivity contribution is -0.117. The van der Waals surface area contributed by atoms with E-state index in [-0.39, 0.29) is 35.3 Å². The van der Waals surface area contributed by atoms with Crippen LogP contribution in [0.4, 0.5) is 5.69 Å². The number of rotatable bonds is 9. The van der Waals surface area contributed by atoms with Crippen LogP contribution in [0.2, 0.25) is 0 Å². The van der Waals surface area contributed by atoms with Crippen LogP contribution in [0.3, 0.4) is 0 Å². The fraction of sp³-hybridized carbons (Fsp3) is 0.393. The third-order valence-corrected chi connectivity index (χ3v) is 6.59. The number of nitrogens with zero attached hydrogens (tertiary/aromatic N) is 4. The molecule has 200 valence electrons. The summed E-state index contributed by atoms with van der Waals surface area (Å²) in [5.41, 5.74) is 1.40. The van der Waals surface area contributed by atoms with Gasteiger partial charge in [-0.05, 0) is 62.9 Å². The average molecular weight is 519 g/mol. The average Bonchev–Trinajstić information content (AvgIpc) is 3.20. The number of hydrogen-bond acceptors (Lipinski definition) is 5. The highest BCUT2D eigenvalue weighted by Gasteiger charge is 2.20. The summed E-state index contributed by atoms with van der Waals surface area (Å²) >= 11 is 0. The van der Waals surface area contributed by atoms with Crippen LogP contribution >= 0.6 is 0 Å². The summed E-state index contributed by atoms with van der Waals surface area (Å²) in [5, 5.41) is 10.4. The zero-order valence-corrected chi connectivity index (χ0v) is 22.4. The first kappa shape index (κ1) is 26.8. The fourth-order valence-electron chi connectivity index (χ4n) is 4.13. The molecule has 1 atom stereocenters. The summed E-state index contributed by atoms with van der Waals surface area (Å²) < 4.78 is 3.84. The van der Waals surface area contributed by atoms with Gasteiger partial charge in [0.15, 0.2) is 0 Å². The number of fused-ring (bicyclic) bond motifs is 3. The summed E-state index contributed by atoms with van der Waals surface area (Å²) in [6, 6.07) is 12.0. The van der Waals surface area contributed by atoms with E-state index in [0.29, 0.717) is 35.5 Å². The highest BCUT2D eigenvalue weighted by atomic mass is 16.2. The van der Waals surface area contributed by atoms with Gasteiger partial charge in [-0.1, -0.05) is 38.5 Å². The molecule has 10 nitrogen and oxygen atoms in total. The number of hydrogen-bond donors (Lipinski definition) is 2. The van der Waals surface area contributed by atoms with E-state index in [1.807, 2.05) is 46.8 Å². The fourth-order valence-corrected chi connectivity index (χ4v) is 4.13. The van der Waals surface area contributed by atoms with Crippen molar-refractivity contribution in [2.24, 2.45) is 5.92 Å². The molecule has 0 fully saturated rings. The van der Waals surface area contributed by atoms with E-state index >= 15 is 0 Å². The molecule has 0 bridgehead atoms. The maximum Gasteiger partial charge on any atom is 0.352 e. The molecule has 0 radical (unpaired) electrons. The Morgan fingerprint density at radius 2 is 1.74 bits per heavy atom. The summed E-state index contributed by atoms with van der Waals surface area (Å²) in [5.74, 6) is -0.265. The molecule has 38 heavy (non-hydrogen) atoms. The van der Waals surface area contributed by atoms with Crippen LogP contribution < -0.4 is 21.9 Å². The van der Waals surface area contributed by atoms with Crippen molar-refractivity contribution in [3.8, 4) is 0 Å². The monoisotopic (exact) mass is 518 g/mol. The second-order valence-corrected chi connectivity index (χ2v) is 10.1. The minimum absolute atomic E-state index is 0.0280. The predicted molar refractivity (Wildman–Crippen MR) is 148 cm³/mol. The lowest BCUT2D eigenvalue weighted by atomic mass is 10.1. The second kappa shape index (κ2) is 11.0. The molecular weight excluding hydrogens is 484 g/mol. The molecule has 0 aliphatic carbocycles. The Bertz CT molecular complexity index is 1610. The Hall–Kier alpha value is -4.21. The molecule has 0 aliphatic heterocycles. The number of benzene rings is 2. The van der Waals surface area contributed by atoms with Crippen molar-refractivity contribution in [3.63, 3.8) is 0 Å². The van der Waals surface area contributed by atoms with Crippen LogP contribution in [0.15, 0.2) is 52.1 Å². The van der Waals surface area contributed by atoms with Crippen LogP contribution in [0, 0.1) is 12.8 Å². The smallest absolute Gasteiger partial charge is 0.350 e. The van der Waals surface area contributed by atoms with Crippen molar-refractivity contribution in [2.75, 3.05) is 5.32 Å². The first-order valence-corrected chi connectivity index (χ1v) is 12.9. The topological polar surface area (TPSA) is 120 Å². The first-order valence-electron chi connectivity index (χ1n) is 12.9. The standard InChI is InChI=1S/C28H34N6O4/c1-6-19(5)29-25(36)20-9-12-22-23(15-20)34-27(32(26(22)37)14-13-17(2)3)31-33(28(34)38)16-24(35)30-21-10-7-18(4)8-11-21/h7-12,15,17,19H,6,13-14,16H2,1-5H3,(H,29,36)(H,30,35). The number of aromatic nitrogens is 4. The Balaban J connectivity index is 1.82. The maximum atomic E-state index is 13.5. The number of anilines is 1. The molecule has 0 saturated heterocycles. The van der Waals surface area contributed by atoms with Crippen molar-refractivity contribution in [2.45, 2.75) is 66.6 Å². The summed E-state index contributed by atoms with van der Waals surface area (Å²) in [4.78, 5) is 52.6. The molecule has 1 unspecified atom stereocenters. The van der Waals surface area contributed by atoms with Gasteiger partial charge in [-0.15, -0.1) is 5.10 Å². The quantitative estimate of drug-likeness (QED) is 0.352. The predicted octanol–water partition coefficient (Wildman–Crippen LogP) is 3.33. The minimum Gasteiger partial charge on any atom is -0.350 e. The highest BCUT2D eigenvalue weighted by Crippen LogP contribution is 2.16. The maximum absolute atomic E-state index is 13.5. The van der Waals surface area contributed by atoms with Gasteiger partial charge < -0.3 is 10.6 Å². The number of aryl methyl sites for hydroxylation is 2. The first-order chi connectivity index (χ1) is 18.1. The van der Waals surface area contributed by atoms with Crippen molar-refractivity contribution in [1.29, 1.82) is 0 Å². The second-order valence-electron chi connectivity index (χ2n) is 10.1. The summed E-state index contributed by atoms with van der Waals surface area (Å²) in [7, 11) is 0. The van der Waals surface area contributed by atoms with Gasteiger partial charge >= 0.3 is 5.69 Å². The molecule has 2 amide bonds. The Morgan fingerprint density at radius 1 is 1.03 bits per heavy atom. The van der Waals surface area contributed by atoms with Gasteiger partial charge in [0.05, 0.1) is 10.9 Å². The van der Waals surface area contributed by atoms with Crippen molar-refractivity contribution in [3.05, 3.63) is 74.4 Å². The Labute approximate surface area is 220 Å². The Morgan fingerprint density at radius 3 is 2.39 bits per heavy atom. The summed E-state index contributed by atoms with van der Waals surface area (Å²) in [6.45, 7) is 9.94. The molecular formula is C28H34N6O4. The third-order valence-electron chi connectivity index (χ3n) is 6.59. The molecule has 0 saturated carbocycles. The van der Waals surface area contributed by atoms with Gasteiger partial charge in [0.25, 0.3) is 11.5 Å². The number of amides is 2. The van der Waals surface area contributed by atoms with Crippen LogP contribution in [-0.2, 0) is 17.9 Å². The number of carbonyl (C=O) groups is 2. The minimum atomic E-state index is -0.568. The summed E-state index contributed by atoms with van der Waals surface area (Å²) in [6.07, 6.45) is 1.46. The molecule has 2 heterocycles. The highest BCUT2D eigenvalue weighted by molar-refractivity contribution is 5.98. The molecule has 0 spiro atoms. The van der Waals surface area contributed by atoms with Crippen molar-refractivity contribution >= 4 is 34.2 Å². The molecule has 10 heteroatoms. The lowest BCUT2D eigenvalue weighted by Crippen LogP contribution is -2.32. The van der Waals surface area contributed by atoms with E-state index < -0.39 is 11.6 Å². The number of carbonyl (C=O) groups excluding carboxylic acids is 2. The van der Waals surface area contributed by atoms with Gasteiger partial charge in [-0.3, -0.25) is 19.0 Å². The van der Waals surface area contributed by atoms with Crippen LogP contribution in [-0.4, -0.2) is 36.6 Å². The number of nitrogens with one attached hydrogen (secondary N) is 2. The van der Waals surface area contributed by atoms with E-state index in [9.17, 15) is 19.2 Å². The largest absolute Gasteiger partial charge is 0.352 e. The molecule has 2 aromatic heterocycles. The van der Waals surface area contributed by atoms with Crippen molar-refractivity contribution < 1.29 is 9.59 Å². The van der Waals surface area contributed by atoms with Crippen LogP contribution in [0.25, 0.3) is 16.7 Å². The van der Waals surface area contributed by atoms with Gasteiger partial charge in [0.2, 0.25) is 11.7 Å². The van der Waals surface area contributed by atoms with Crippen LogP contribution in [0.1, 0.15) is 56.5 Å². The molecule has 4 aromatic rings. The van der Waals surface area contributed by atoms with E-state index in [0.717, 1.165) is 16.7 Å². The van der Waals surface area contributed by atoms with E-state index in [1.54, 1.807) is 24.3 Å². The van der Waals surface area contributed by atoms with E-state index in [1.165, 1.54) is 15.0 Å². The SMILES string of the molecule is CCC(C)NC(=O)c1ccc2c(=O)n(CCC(C)C)c3nn(CC(=O)Nc4ccc(C)cc4)c(=O)n3c2c1. The van der Waals surface area contributed by atoms with Crippen molar-refractivity contribution in [1.82, 2.24) is 24.1 Å². The van der Waals surface area contributed by atoms with Gasteiger partial charge in [0, 0.05) is 23.8 Å². The molecule has 2 aromatic carbocycles. The zero-order chi connectivity index (χ0) is 27.6. The lowest BCUT2D eigenvalue weighted by Gasteiger charge is -2.13. The molecule has 4 rings (SSSR count). The zero-order valence-electron chi connectivity index (χ0n) is 22.4. The third kappa shape index (κ3) is 5.53. The molecule has 2 N–H and O–H groups in total. The normalized spacial score (nSPS) is 12.3. The van der Waals surface area contributed by atoms with E-state index in [2.05, 4.69) is 15.7 Å². The van der Waals surface area contributed by atoms with Gasteiger partial charge in [0.1, 0.15) is 6.54 Å². The van der Waals surface area contributed by atoms with Gasteiger partial charge in [-0.25, -0.2) is 13.9 Å². The van der Waals surface area contributed by atoms with Crippen LogP contribution in [0.5, 0.6) is 0 Å². The van der Waals surface area contributed by atoms with E-state index in [4.69, 9.17) is 0 Å².